The van der Waals surface area contributed by atoms with Gasteiger partial charge in [-0.3, -0.25) is 0 Å². The van der Waals surface area contributed by atoms with E-state index in [1.807, 2.05) is 0 Å². The number of hydrogen-bond donors (Lipinski definition) is 4. The highest BCUT2D eigenvalue weighted by Gasteiger charge is 2.10. The van der Waals surface area contributed by atoms with E-state index >= 15 is 0 Å². The van der Waals surface area contributed by atoms with E-state index < -0.39 is 0 Å². The molecule has 0 bridgehead atoms. The van der Waals surface area contributed by atoms with Gasteiger partial charge in [-0.1, -0.05) is 18.2 Å². The van der Waals surface area contributed by atoms with Gasteiger partial charge < -0.3 is 16.9 Å². The van der Waals surface area contributed by atoms with Crippen LogP contribution < -0.4 is 22.7 Å². The van der Waals surface area contributed by atoms with Crippen molar-refractivity contribution in [2.45, 2.75) is 6.42 Å². The third kappa shape index (κ3) is 2.33. The Morgan fingerprint density at radius 2 is 1.89 bits per heavy atom. The lowest BCUT2D eigenvalue weighted by Crippen LogP contribution is -2.13. The summed E-state index contributed by atoms with van der Waals surface area (Å²) in [6, 6.07) is 8.11. The third-order valence-corrected chi connectivity index (χ3v) is 2.64. The second-order valence-corrected chi connectivity index (χ2v) is 3.88. The number of anilines is 3. The summed E-state index contributed by atoms with van der Waals surface area (Å²) in [4.78, 5) is 3.94. The van der Waals surface area contributed by atoms with E-state index in [9.17, 15) is 4.39 Å². The second-order valence-electron chi connectivity index (χ2n) is 3.88. The fourth-order valence-electron chi connectivity index (χ4n) is 1.73. The van der Waals surface area contributed by atoms with Gasteiger partial charge in [0, 0.05) is 6.42 Å². The number of benzene rings is 1. The Hall–Kier alpha value is -2.34. The van der Waals surface area contributed by atoms with Crippen LogP contribution in [0, 0.1) is 5.82 Å². The van der Waals surface area contributed by atoms with Crippen LogP contribution in [0.3, 0.4) is 0 Å². The number of nitrogens with one attached hydrogen (secondary N) is 1. The lowest BCUT2D eigenvalue weighted by atomic mass is 10.0. The number of halogens is 1. The van der Waals surface area contributed by atoms with Crippen molar-refractivity contribution in [2.24, 2.45) is 5.84 Å². The number of nitrogen functional groups attached to an aromatic ring is 3. The van der Waals surface area contributed by atoms with Crippen LogP contribution in [-0.4, -0.2) is 4.98 Å². The SMILES string of the molecule is NNc1nc(N)cc(Cc2ccccc2F)c1N. The molecule has 1 aromatic heterocycles. The molecule has 0 aliphatic heterocycles. The molecule has 0 atom stereocenters. The Labute approximate surface area is 104 Å². The van der Waals surface area contributed by atoms with Crippen molar-refractivity contribution < 1.29 is 4.39 Å². The molecule has 0 radical (unpaired) electrons. The first-order valence-electron chi connectivity index (χ1n) is 5.36. The zero-order valence-corrected chi connectivity index (χ0v) is 9.65. The zero-order valence-electron chi connectivity index (χ0n) is 9.65. The van der Waals surface area contributed by atoms with Crippen LogP contribution >= 0.6 is 0 Å². The topological polar surface area (TPSA) is 103 Å². The number of rotatable bonds is 3. The van der Waals surface area contributed by atoms with E-state index in [4.69, 9.17) is 17.3 Å². The molecule has 0 unspecified atom stereocenters. The molecule has 94 valence electrons. The average molecular weight is 247 g/mol. The van der Waals surface area contributed by atoms with E-state index in [-0.39, 0.29) is 11.6 Å². The molecule has 2 rings (SSSR count). The number of nitrogens with zero attached hydrogens (tertiary/aromatic N) is 1. The van der Waals surface area contributed by atoms with Crippen LogP contribution in [0.5, 0.6) is 0 Å². The molecule has 1 aromatic carbocycles. The Bertz CT molecular complexity index is 570. The van der Waals surface area contributed by atoms with Crippen molar-refractivity contribution >= 4 is 17.3 Å². The van der Waals surface area contributed by atoms with Crippen molar-refractivity contribution in [1.82, 2.24) is 4.98 Å². The molecule has 0 aliphatic carbocycles. The monoisotopic (exact) mass is 247 g/mol. The van der Waals surface area contributed by atoms with Gasteiger partial charge in [-0.2, -0.15) is 0 Å². The maximum absolute atomic E-state index is 13.6. The molecular formula is C12H14FN5. The summed E-state index contributed by atoms with van der Waals surface area (Å²) in [5, 5.41) is 0. The Kier molecular flexibility index (Phi) is 3.29. The highest BCUT2D eigenvalue weighted by atomic mass is 19.1. The average Bonchev–Trinajstić information content (AvgIpc) is 2.36. The first-order valence-corrected chi connectivity index (χ1v) is 5.36. The minimum Gasteiger partial charge on any atom is -0.395 e. The predicted molar refractivity (Wildman–Crippen MR) is 70.1 cm³/mol. The lowest BCUT2D eigenvalue weighted by molar-refractivity contribution is 0.614. The fourth-order valence-corrected chi connectivity index (χ4v) is 1.73. The molecule has 0 aliphatic rings. The molecular weight excluding hydrogens is 233 g/mol. The molecule has 0 saturated carbocycles. The van der Waals surface area contributed by atoms with Crippen LogP contribution in [0.1, 0.15) is 11.1 Å². The Morgan fingerprint density at radius 1 is 1.17 bits per heavy atom. The van der Waals surface area contributed by atoms with Crippen molar-refractivity contribution in [1.29, 1.82) is 0 Å². The summed E-state index contributed by atoms with van der Waals surface area (Å²) < 4.78 is 13.6. The summed E-state index contributed by atoms with van der Waals surface area (Å²) in [7, 11) is 0. The summed E-state index contributed by atoms with van der Waals surface area (Å²) in [6.45, 7) is 0. The molecule has 0 amide bonds. The molecule has 0 spiro atoms. The van der Waals surface area contributed by atoms with E-state index in [2.05, 4.69) is 10.4 Å². The van der Waals surface area contributed by atoms with Crippen molar-refractivity contribution in [2.75, 3.05) is 16.9 Å². The number of hydrogen-bond acceptors (Lipinski definition) is 5. The minimum atomic E-state index is -0.283. The predicted octanol–water partition coefficient (Wildman–Crippen LogP) is 1.26. The lowest BCUT2D eigenvalue weighted by Gasteiger charge is -2.11. The van der Waals surface area contributed by atoms with E-state index in [0.717, 1.165) is 0 Å². The number of nitrogens with two attached hydrogens (primary N) is 3. The van der Waals surface area contributed by atoms with Crippen molar-refractivity contribution in [3.8, 4) is 0 Å². The van der Waals surface area contributed by atoms with Crippen LogP contribution in [0.25, 0.3) is 0 Å². The largest absolute Gasteiger partial charge is 0.395 e. The Balaban J connectivity index is 2.40. The summed E-state index contributed by atoms with van der Waals surface area (Å²) in [5.74, 6) is 5.58. The van der Waals surface area contributed by atoms with Gasteiger partial charge in [0.1, 0.15) is 11.6 Å². The van der Waals surface area contributed by atoms with Gasteiger partial charge >= 0.3 is 0 Å². The number of pyridine rings is 1. The molecule has 0 fully saturated rings. The number of hydrazine groups is 1. The fraction of sp³-hybridized carbons (Fsp3) is 0.0833. The van der Waals surface area contributed by atoms with Gasteiger partial charge in [-0.15, -0.1) is 0 Å². The smallest absolute Gasteiger partial charge is 0.165 e. The van der Waals surface area contributed by atoms with Crippen LogP contribution in [-0.2, 0) is 6.42 Å². The van der Waals surface area contributed by atoms with Crippen molar-refractivity contribution in [3.63, 3.8) is 0 Å². The molecule has 5 nitrogen and oxygen atoms in total. The first kappa shape index (κ1) is 12.1. The summed E-state index contributed by atoms with van der Waals surface area (Å²) in [5.41, 5.74) is 15.5. The quantitative estimate of drug-likeness (QED) is 0.483. The summed E-state index contributed by atoms with van der Waals surface area (Å²) in [6.07, 6.45) is 0.333. The molecule has 2 aromatic rings. The minimum absolute atomic E-state index is 0.281. The van der Waals surface area contributed by atoms with Crippen LogP contribution in [0.2, 0.25) is 0 Å². The van der Waals surface area contributed by atoms with Gasteiger partial charge in [-0.25, -0.2) is 15.2 Å². The van der Waals surface area contributed by atoms with E-state index in [1.165, 1.54) is 6.07 Å². The first-order chi connectivity index (χ1) is 8.61. The van der Waals surface area contributed by atoms with Gasteiger partial charge in [0.05, 0.1) is 5.69 Å². The van der Waals surface area contributed by atoms with Gasteiger partial charge in [0.15, 0.2) is 5.82 Å². The van der Waals surface area contributed by atoms with Crippen LogP contribution in [0.15, 0.2) is 30.3 Å². The van der Waals surface area contributed by atoms with E-state index in [0.29, 0.717) is 29.1 Å². The van der Waals surface area contributed by atoms with Gasteiger partial charge in [-0.05, 0) is 23.3 Å². The second kappa shape index (κ2) is 4.89. The number of aromatic nitrogens is 1. The third-order valence-electron chi connectivity index (χ3n) is 2.64. The molecule has 1 heterocycles. The highest BCUT2D eigenvalue weighted by molar-refractivity contribution is 5.68. The van der Waals surface area contributed by atoms with Crippen LogP contribution in [0.4, 0.5) is 21.7 Å². The molecule has 0 saturated heterocycles. The molecule has 6 heteroatoms. The molecule has 18 heavy (non-hydrogen) atoms. The van der Waals surface area contributed by atoms with E-state index in [1.54, 1.807) is 24.3 Å². The van der Waals surface area contributed by atoms with Gasteiger partial charge in [0.25, 0.3) is 0 Å². The highest BCUT2D eigenvalue weighted by Crippen LogP contribution is 2.25. The normalized spacial score (nSPS) is 10.3. The maximum atomic E-state index is 13.6. The Morgan fingerprint density at radius 3 is 2.56 bits per heavy atom. The summed E-state index contributed by atoms with van der Waals surface area (Å²) >= 11 is 0. The zero-order chi connectivity index (χ0) is 13.1. The van der Waals surface area contributed by atoms with Gasteiger partial charge in [0.2, 0.25) is 0 Å². The maximum Gasteiger partial charge on any atom is 0.165 e. The molecule has 7 N–H and O–H groups in total. The standard InChI is InChI=1S/C12H14FN5/c13-9-4-2-1-3-7(9)5-8-6-10(14)17-12(18-16)11(8)15/h1-4,6H,5,15-16H2,(H3,14,17,18). The van der Waals surface area contributed by atoms with Crippen molar-refractivity contribution in [3.05, 3.63) is 47.3 Å².